The fourth-order valence-corrected chi connectivity index (χ4v) is 4.04. The van der Waals surface area contributed by atoms with Gasteiger partial charge in [-0.15, -0.1) is 0 Å². The average Bonchev–Trinajstić information content (AvgIpc) is 3.62. The Kier molecular flexibility index (Phi) is 6.01. The second-order valence-corrected chi connectivity index (χ2v) is 8.62. The molecule has 34 heavy (non-hydrogen) atoms. The summed E-state index contributed by atoms with van der Waals surface area (Å²) in [5.74, 6) is -1.14. The molecule has 10 heteroatoms. The van der Waals surface area contributed by atoms with Gasteiger partial charge in [0.05, 0.1) is 11.1 Å². The number of fused-ring (bicyclic) bond motifs is 3. The Bertz CT molecular complexity index is 1130. The highest BCUT2D eigenvalue weighted by Crippen LogP contribution is 2.57. The molecule has 1 unspecified atom stereocenters. The summed E-state index contributed by atoms with van der Waals surface area (Å²) in [5, 5.41) is 4.73. The third-order valence-electron chi connectivity index (χ3n) is 6.37. The van der Waals surface area contributed by atoms with E-state index in [1.807, 2.05) is 30.3 Å². The largest absolute Gasteiger partial charge is 0.436 e. The van der Waals surface area contributed by atoms with Gasteiger partial charge in [-0.3, -0.25) is 9.59 Å². The van der Waals surface area contributed by atoms with Gasteiger partial charge in [-0.05, 0) is 37.0 Å². The maximum absolute atomic E-state index is 13.2. The van der Waals surface area contributed by atoms with Crippen molar-refractivity contribution >= 4 is 23.6 Å². The number of anilines is 1. The van der Waals surface area contributed by atoms with Gasteiger partial charge in [0.25, 0.3) is 11.8 Å². The molecule has 3 amide bonds. The number of rotatable bonds is 5. The Morgan fingerprint density at radius 1 is 1.12 bits per heavy atom. The fourth-order valence-electron chi connectivity index (χ4n) is 4.04. The molecule has 0 bridgehead atoms. The van der Waals surface area contributed by atoms with E-state index in [-0.39, 0.29) is 18.7 Å². The van der Waals surface area contributed by atoms with Crippen molar-refractivity contribution in [2.75, 3.05) is 18.5 Å². The van der Waals surface area contributed by atoms with E-state index in [0.717, 1.165) is 11.1 Å². The van der Waals surface area contributed by atoms with Crippen LogP contribution in [0.3, 0.4) is 0 Å². The number of carbonyl (C=O) groups is 3. The van der Waals surface area contributed by atoms with E-state index < -0.39 is 42.3 Å². The maximum atomic E-state index is 13.2. The number of hydrogen-bond donors (Lipinski definition) is 2. The van der Waals surface area contributed by atoms with Crippen molar-refractivity contribution < 1.29 is 32.3 Å². The van der Waals surface area contributed by atoms with E-state index in [4.69, 9.17) is 4.74 Å². The van der Waals surface area contributed by atoms with Crippen LogP contribution in [0.5, 0.6) is 0 Å². The van der Waals surface area contributed by atoms with Crippen LogP contribution in [0.1, 0.15) is 31.4 Å². The molecule has 2 aromatic carbocycles. The quantitative estimate of drug-likeness (QED) is 0.686. The van der Waals surface area contributed by atoms with Gasteiger partial charge in [-0.1, -0.05) is 42.5 Å². The van der Waals surface area contributed by atoms with E-state index in [9.17, 15) is 27.6 Å². The van der Waals surface area contributed by atoms with Gasteiger partial charge in [-0.25, -0.2) is 4.79 Å². The molecule has 1 fully saturated rings. The van der Waals surface area contributed by atoms with Crippen molar-refractivity contribution in [1.82, 2.24) is 10.6 Å². The van der Waals surface area contributed by atoms with Crippen LogP contribution >= 0.6 is 0 Å². The van der Waals surface area contributed by atoms with Crippen LogP contribution in [0.15, 0.2) is 48.5 Å². The number of ether oxygens (including phenoxy) is 1. The summed E-state index contributed by atoms with van der Waals surface area (Å²) >= 11 is 0. The first-order valence-electron chi connectivity index (χ1n) is 10.8. The third-order valence-corrected chi connectivity index (χ3v) is 6.37. The number of halogens is 3. The number of nitrogens with one attached hydrogen (secondary N) is 2. The van der Waals surface area contributed by atoms with Crippen molar-refractivity contribution in [3.05, 3.63) is 54.1 Å². The topological polar surface area (TPSA) is 87.7 Å². The molecule has 2 atom stereocenters. The average molecular weight is 475 g/mol. The molecule has 0 radical (unpaired) electrons. The molecule has 4 rings (SSSR count). The molecule has 2 N–H and O–H groups in total. The van der Waals surface area contributed by atoms with Crippen molar-refractivity contribution in [1.29, 1.82) is 0 Å². The summed E-state index contributed by atoms with van der Waals surface area (Å²) in [7, 11) is 1.61. The molecule has 1 saturated carbocycles. The van der Waals surface area contributed by atoms with E-state index in [1.165, 1.54) is 11.8 Å². The molecule has 0 aromatic heterocycles. The lowest BCUT2D eigenvalue weighted by Gasteiger charge is -2.24. The summed E-state index contributed by atoms with van der Waals surface area (Å²) < 4.78 is 44.1. The van der Waals surface area contributed by atoms with Crippen LogP contribution in [-0.2, 0) is 14.3 Å². The zero-order valence-electron chi connectivity index (χ0n) is 18.6. The van der Waals surface area contributed by atoms with E-state index in [0.29, 0.717) is 11.3 Å². The smallest absolute Gasteiger partial charge is 0.407 e. The number of benzene rings is 2. The maximum Gasteiger partial charge on any atom is 0.407 e. The zero-order chi connectivity index (χ0) is 24.7. The first-order chi connectivity index (χ1) is 16.0. The second kappa shape index (κ2) is 8.66. The SMILES string of the molecule is CC(OC(=O)NCC1(C(F)(F)F)CC1)C(=O)N[C@@H]1C(=O)N(C)c2ccccc2-c2ccccc21. The Labute approximate surface area is 194 Å². The van der Waals surface area contributed by atoms with Gasteiger partial charge < -0.3 is 20.3 Å². The summed E-state index contributed by atoms with van der Waals surface area (Å²) in [4.78, 5) is 39.5. The summed E-state index contributed by atoms with van der Waals surface area (Å²) in [5.41, 5.74) is 0.935. The van der Waals surface area contributed by atoms with Gasteiger partial charge >= 0.3 is 12.3 Å². The summed E-state index contributed by atoms with van der Waals surface area (Å²) in [6, 6.07) is 13.5. The van der Waals surface area contributed by atoms with E-state index in [1.54, 1.807) is 25.2 Å². The van der Waals surface area contributed by atoms with Crippen LogP contribution in [-0.4, -0.2) is 43.8 Å². The van der Waals surface area contributed by atoms with Gasteiger partial charge in [0, 0.05) is 19.2 Å². The van der Waals surface area contributed by atoms with Crippen LogP contribution in [0.25, 0.3) is 11.1 Å². The van der Waals surface area contributed by atoms with Gasteiger partial charge in [0.2, 0.25) is 0 Å². The standard InChI is InChI=1S/C24H24F3N3O4/c1-14(34-22(33)28-13-23(11-12-23)24(25,26)27)20(31)29-19-17-9-4-3-7-15(17)16-8-5-6-10-18(16)30(2)21(19)32/h3-10,14,19H,11-13H2,1-2H3,(H,28,33)(H,29,31)/t14?,19-/m0/s1. The van der Waals surface area contributed by atoms with E-state index >= 15 is 0 Å². The predicted octanol–water partition coefficient (Wildman–Crippen LogP) is 3.94. The number of carbonyl (C=O) groups excluding carboxylic acids is 3. The van der Waals surface area contributed by atoms with Gasteiger partial charge in [-0.2, -0.15) is 13.2 Å². The number of para-hydroxylation sites is 1. The minimum Gasteiger partial charge on any atom is -0.436 e. The van der Waals surface area contributed by atoms with Crippen molar-refractivity contribution in [3.8, 4) is 11.1 Å². The molecule has 1 aliphatic carbocycles. The summed E-state index contributed by atoms with van der Waals surface area (Å²) in [6.07, 6.45) is -7.01. The van der Waals surface area contributed by atoms with Crippen molar-refractivity contribution in [2.24, 2.45) is 5.41 Å². The molecular formula is C24H24F3N3O4. The van der Waals surface area contributed by atoms with Crippen LogP contribution < -0.4 is 15.5 Å². The zero-order valence-corrected chi connectivity index (χ0v) is 18.6. The first kappa shape index (κ1) is 23.6. The molecule has 1 heterocycles. The van der Waals surface area contributed by atoms with E-state index in [2.05, 4.69) is 10.6 Å². The molecule has 180 valence electrons. The Hall–Kier alpha value is -3.56. The highest BCUT2D eigenvalue weighted by Gasteiger charge is 2.63. The monoisotopic (exact) mass is 475 g/mol. The van der Waals surface area contributed by atoms with Crippen LogP contribution in [0.2, 0.25) is 0 Å². The molecule has 2 aliphatic rings. The molecule has 0 spiro atoms. The van der Waals surface area contributed by atoms with Crippen LogP contribution in [0, 0.1) is 5.41 Å². The number of alkyl halides is 3. The lowest BCUT2D eigenvalue weighted by molar-refractivity contribution is -0.185. The number of likely N-dealkylation sites (N-methyl/N-ethyl adjacent to an activating group) is 1. The minimum absolute atomic E-state index is 0.0636. The number of alkyl carbamates (subject to hydrolysis) is 1. The number of amides is 3. The molecule has 1 aliphatic heterocycles. The molecule has 0 saturated heterocycles. The third kappa shape index (κ3) is 4.32. The number of hydrogen-bond acceptors (Lipinski definition) is 4. The molecule has 7 nitrogen and oxygen atoms in total. The second-order valence-electron chi connectivity index (χ2n) is 8.62. The van der Waals surface area contributed by atoms with Crippen LogP contribution in [0.4, 0.5) is 23.7 Å². The highest BCUT2D eigenvalue weighted by atomic mass is 19.4. The Morgan fingerprint density at radius 2 is 1.74 bits per heavy atom. The lowest BCUT2D eigenvalue weighted by Crippen LogP contribution is -2.46. The molecular weight excluding hydrogens is 451 g/mol. The van der Waals surface area contributed by atoms with Crippen molar-refractivity contribution in [2.45, 2.75) is 38.1 Å². The Balaban J connectivity index is 1.46. The summed E-state index contributed by atoms with van der Waals surface area (Å²) in [6.45, 7) is 0.679. The number of nitrogens with zero attached hydrogens (tertiary/aromatic N) is 1. The Morgan fingerprint density at radius 3 is 2.38 bits per heavy atom. The highest BCUT2D eigenvalue weighted by molar-refractivity contribution is 6.06. The first-order valence-corrected chi connectivity index (χ1v) is 10.8. The predicted molar refractivity (Wildman–Crippen MR) is 118 cm³/mol. The van der Waals surface area contributed by atoms with Gasteiger partial charge in [0.1, 0.15) is 6.04 Å². The van der Waals surface area contributed by atoms with Crippen molar-refractivity contribution in [3.63, 3.8) is 0 Å². The fraction of sp³-hybridized carbons (Fsp3) is 0.375. The molecule has 2 aromatic rings. The minimum atomic E-state index is -4.42. The van der Waals surface area contributed by atoms with Gasteiger partial charge in [0.15, 0.2) is 6.10 Å². The lowest BCUT2D eigenvalue weighted by atomic mass is 9.95. The normalized spacial score (nSPS) is 19.3.